The van der Waals surface area contributed by atoms with Crippen LogP contribution in [-0.2, 0) is 10.0 Å². The lowest BCUT2D eigenvalue weighted by molar-refractivity contribution is 0.0637. The van der Waals surface area contributed by atoms with Crippen LogP contribution >= 0.6 is 0 Å². The molecule has 0 aliphatic rings. The Labute approximate surface area is 113 Å². The molecule has 0 fully saturated rings. The first-order valence-corrected chi connectivity index (χ1v) is 7.58. The number of nitrogens with one attached hydrogen (secondary N) is 1. The highest BCUT2D eigenvalue weighted by atomic mass is 32.2. The maximum Gasteiger partial charge on any atom is 0.238 e. The van der Waals surface area contributed by atoms with Gasteiger partial charge in [-0.1, -0.05) is 13.3 Å². The van der Waals surface area contributed by atoms with Gasteiger partial charge in [0.2, 0.25) is 10.0 Å². The highest BCUT2D eigenvalue weighted by Gasteiger charge is 2.19. The number of primary sulfonamides is 1. The van der Waals surface area contributed by atoms with Gasteiger partial charge in [0.05, 0.1) is 10.5 Å². The molecule has 0 aliphatic heterocycles. The molecular formula is C12H21N3O3S. The van der Waals surface area contributed by atoms with Crippen molar-refractivity contribution < 1.29 is 13.5 Å². The summed E-state index contributed by atoms with van der Waals surface area (Å²) in [6.07, 6.45) is 1.50. The van der Waals surface area contributed by atoms with Crippen LogP contribution in [0.5, 0.6) is 0 Å². The summed E-state index contributed by atoms with van der Waals surface area (Å²) in [5, 5.41) is 18.1. The third-order valence-electron chi connectivity index (χ3n) is 2.72. The molecule has 1 aromatic rings. The van der Waals surface area contributed by atoms with Crippen molar-refractivity contribution in [2.45, 2.75) is 37.2 Å². The van der Waals surface area contributed by atoms with Gasteiger partial charge in [-0.3, -0.25) is 0 Å². The highest BCUT2D eigenvalue weighted by molar-refractivity contribution is 7.89. The van der Waals surface area contributed by atoms with Crippen molar-refractivity contribution in [3.05, 3.63) is 18.2 Å². The molecular weight excluding hydrogens is 266 g/mol. The smallest absolute Gasteiger partial charge is 0.238 e. The lowest BCUT2D eigenvalue weighted by Crippen LogP contribution is -2.33. The Morgan fingerprint density at radius 3 is 2.53 bits per heavy atom. The summed E-state index contributed by atoms with van der Waals surface area (Å²) in [6, 6.07) is 4.29. The van der Waals surface area contributed by atoms with Crippen molar-refractivity contribution >= 4 is 21.4 Å². The molecule has 108 valence electrons. The summed E-state index contributed by atoms with van der Waals surface area (Å²) < 4.78 is 22.6. The number of rotatable bonds is 6. The van der Waals surface area contributed by atoms with E-state index in [1.807, 2.05) is 6.92 Å². The van der Waals surface area contributed by atoms with Gasteiger partial charge in [0.15, 0.2) is 0 Å². The first-order valence-electron chi connectivity index (χ1n) is 6.04. The van der Waals surface area contributed by atoms with Gasteiger partial charge in [0.1, 0.15) is 0 Å². The molecule has 1 aromatic carbocycles. The zero-order valence-corrected chi connectivity index (χ0v) is 12.0. The summed E-state index contributed by atoms with van der Waals surface area (Å²) in [6.45, 7) is 4.00. The Bertz CT molecular complexity index is 541. The van der Waals surface area contributed by atoms with Gasteiger partial charge in [-0.2, -0.15) is 0 Å². The molecule has 19 heavy (non-hydrogen) atoms. The number of anilines is 2. The number of nitrogen functional groups attached to an aromatic ring is 1. The first-order chi connectivity index (χ1) is 8.64. The zero-order valence-electron chi connectivity index (χ0n) is 11.2. The van der Waals surface area contributed by atoms with Crippen LogP contribution in [0.3, 0.4) is 0 Å². The number of benzene rings is 1. The molecule has 0 amide bonds. The van der Waals surface area contributed by atoms with E-state index in [9.17, 15) is 13.5 Å². The second kappa shape index (κ2) is 5.77. The van der Waals surface area contributed by atoms with E-state index in [4.69, 9.17) is 10.9 Å². The number of hydrogen-bond donors (Lipinski definition) is 4. The van der Waals surface area contributed by atoms with Crippen molar-refractivity contribution in [1.82, 2.24) is 0 Å². The van der Waals surface area contributed by atoms with Gasteiger partial charge in [-0.05, 0) is 31.5 Å². The molecule has 1 unspecified atom stereocenters. The Kier molecular flexibility index (Phi) is 4.78. The second-order valence-corrected chi connectivity index (χ2v) is 6.50. The van der Waals surface area contributed by atoms with Crippen molar-refractivity contribution in [3.63, 3.8) is 0 Å². The predicted octanol–water partition coefficient (Wildman–Crippen LogP) is 0.879. The van der Waals surface area contributed by atoms with Gasteiger partial charge in [0, 0.05) is 17.9 Å². The number of nitrogens with two attached hydrogens (primary N) is 2. The van der Waals surface area contributed by atoms with Crippen LogP contribution < -0.4 is 16.2 Å². The minimum Gasteiger partial charge on any atom is -0.399 e. The second-order valence-electron chi connectivity index (χ2n) is 4.94. The Balaban J connectivity index is 2.88. The van der Waals surface area contributed by atoms with Crippen molar-refractivity contribution in [2.24, 2.45) is 5.14 Å². The summed E-state index contributed by atoms with van der Waals surface area (Å²) in [5.74, 6) is 0. The average molecular weight is 287 g/mol. The first kappa shape index (κ1) is 15.7. The maximum atomic E-state index is 11.3. The van der Waals surface area contributed by atoms with E-state index in [1.54, 1.807) is 13.0 Å². The van der Waals surface area contributed by atoms with Crippen LogP contribution in [0.4, 0.5) is 11.4 Å². The molecule has 7 heteroatoms. The fourth-order valence-electron chi connectivity index (χ4n) is 1.81. The molecule has 1 atom stereocenters. The Morgan fingerprint density at radius 2 is 2.00 bits per heavy atom. The minimum atomic E-state index is -3.79. The molecule has 0 spiro atoms. The van der Waals surface area contributed by atoms with Crippen LogP contribution in [0.2, 0.25) is 0 Å². The van der Waals surface area contributed by atoms with Gasteiger partial charge in [-0.25, -0.2) is 13.6 Å². The molecule has 0 radical (unpaired) electrons. The van der Waals surface area contributed by atoms with Gasteiger partial charge in [-0.15, -0.1) is 0 Å². The zero-order chi connectivity index (χ0) is 14.7. The molecule has 0 saturated heterocycles. The monoisotopic (exact) mass is 287 g/mol. The molecule has 6 N–H and O–H groups in total. The predicted molar refractivity (Wildman–Crippen MR) is 76.2 cm³/mol. The number of hydrogen-bond acceptors (Lipinski definition) is 5. The summed E-state index contributed by atoms with van der Waals surface area (Å²) >= 11 is 0. The van der Waals surface area contributed by atoms with E-state index in [1.165, 1.54) is 12.1 Å². The molecule has 0 heterocycles. The summed E-state index contributed by atoms with van der Waals surface area (Å²) in [7, 11) is -3.79. The lowest BCUT2D eigenvalue weighted by Gasteiger charge is -2.23. The van der Waals surface area contributed by atoms with E-state index < -0.39 is 15.6 Å². The van der Waals surface area contributed by atoms with Crippen LogP contribution in [0.15, 0.2) is 23.1 Å². The quantitative estimate of drug-likeness (QED) is 0.579. The fourth-order valence-corrected chi connectivity index (χ4v) is 2.40. The van der Waals surface area contributed by atoms with E-state index in [0.717, 1.165) is 6.42 Å². The van der Waals surface area contributed by atoms with E-state index in [2.05, 4.69) is 5.32 Å². The fraction of sp³-hybridized carbons (Fsp3) is 0.500. The van der Waals surface area contributed by atoms with Crippen molar-refractivity contribution in [2.75, 3.05) is 17.6 Å². The minimum absolute atomic E-state index is 0.0508. The third kappa shape index (κ3) is 5.06. The third-order valence-corrected chi connectivity index (χ3v) is 3.61. The summed E-state index contributed by atoms with van der Waals surface area (Å²) in [4.78, 5) is -0.0508. The molecule has 0 bridgehead atoms. The molecule has 0 aromatic heterocycles. The Hall–Kier alpha value is -1.31. The molecule has 6 nitrogen and oxygen atoms in total. The largest absolute Gasteiger partial charge is 0.399 e. The normalized spacial score (nSPS) is 14.9. The molecule has 0 saturated carbocycles. The molecule has 1 rings (SSSR count). The standard InChI is InChI=1S/C12H21N3O3S/c1-3-4-12(2,16)8-15-10-5-9(13)6-11(7-10)19(14,17)18/h5-7,15-16H,3-4,8,13H2,1-2H3,(H2,14,17,18). The van der Waals surface area contributed by atoms with Gasteiger partial charge >= 0.3 is 0 Å². The lowest BCUT2D eigenvalue weighted by atomic mass is 10.0. The number of sulfonamides is 1. The summed E-state index contributed by atoms with van der Waals surface area (Å²) in [5.41, 5.74) is 5.58. The van der Waals surface area contributed by atoms with Crippen molar-refractivity contribution in [1.29, 1.82) is 0 Å². The molecule has 0 aliphatic carbocycles. The number of aliphatic hydroxyl groups is 1. The van der Waals surface area contributed by atoms with Crippen LogP contribution in [0.25, 0.3) is 0 Å². The van der Waals surface area contributed by atoms with E-state index >= 15 is 0 Å². The average Bonchev–Trinajstić information content (AvgIpc) is 2.24. The highest BCUT2D eigenvalue weighted by Crippen LogP contribution is 2.21. The van der Waals surface area contributed by atoms with Crippen LogP contribution in [0, 0.1) is 0 Å². The maximum absolute atomic E-state index is 11.3. The SMILES string of the molecule is CCCC(C)(O)CNc1cc(N)cc(S(N)(=O)=O)c1. The topological polar surface area (TPSA) is 118 Å². The van der Waals surface area contributed by atoms with Crippen molar-refractivity contribution in [3.8, 4) is 0 Å². The van der Waals surface area contributed by atoms with E-state index in [-0.39, 0.29) is 4.90 Å². The van der Waals surface area contributed by atoms with Crippen LogP contribution in [0.1, 0.15) is 26.7 Å². The van der Waals surface area contributed by atoms with Gasteiger partial charge in [0.25, 0.3) is 0 Å². The van der Waals surface area contributed by atoms with E-state index in [0.29, 0.717) is 24.3 Å². The Morgan fingerprint density at radius 1 is 1.37 bits per heavy atom. The van der Waals surface area contributed by atoms with Gasteiger partial charge < -0.3 is 16.2 Å². The van der Waals surface area contributed by atoms with Crippen LogP contribution in [-0.4, -0.2) is 25.7 Å².